The maximum absolute atomic E-state index is 11.6. The predicted octanol–water partition coefficient (Wildman–Crippen LogP) is 2.37. The fourth-order valence-corrected chi connectivity index (χ4v) is 3.16. The molecule has 0 radical (unpaired) electrons. The van der Waals surface area contributed by atoms with E-state index in [0.717, 1.165) is 17.0 Å². The fraction of sp³-hybridized carbons (Fsp3) is 0.286. The second kappa shape index (κ2) is 6.19. The third kappa shape index (κ3) is 2.62. The van der Waals surface area contributed by atoms with Crippen molar-refractivity contribution in [3.63, 3.8) is 0 Å². The van der Waals surface area contributed by atoms with Crippen molar-refractivity contribution in [3.05, 3.63) is 40.3 Å². The first-order chi connectivity index (χ1) is 9.57. The largest absolute Gasteiger partial charge is 0.383 e. The number of primary amides is 1. The normalized spacial score (nSPS) is 10.8. The molecule has 20 heavy (non-hydrogen) atoms. The van der Waals surface area contributed by atoms with Gasteiger partial charge in [0.1, 0.15) is 0 Å². The third-order valence-corrected chi connectivity index (χ3v) is 3.94. The molecular weight excluding hydrogens is 322 g/mol. The monoisotopic (exact) mass is 337 g/mol. The summed E-state index contributed by atoms with van der Waals surface area (Å²) >= 11 is 3.49. The molecule has 0 spiro atoms. The molecule has 2 heterocycles. The Bertz CT molecular complexity index is 623. The van der Waals surface area contributed by atoms with Gasteiger partial charge in [0.05, 0.1) is 22.3 Å². The van der Waals surface area contributed by atoms with E-state index in [4.69, 9.17) is 10.5 Å². The molecule has 106 valence electrons. The average molecular weight is 338 g/mol. The molecule has 0 aromatic carbocycles. The molecule has 1 amide bonds. The summed E-state index contributed by atoms with van der Waals surface area (Å²) in [4.78, 5) is 15.8. The van der Waals surface area contributed by atoms with Gasteiger partial charge < -0.3 is 15.0 Å². The van der Waals surface area contributed by atoms with Gasteiger partial charge in [0.25, 0.3) is 5.91 Å². The van der Waals surface area contributed by atoms with E-state index in [2.05, 4.69) is 20.9 Å². The average Bonchev–Trinajstić information content (AvgIpc) is 2.68. The van der Waals surface area contributed by atoms with Gasteiger partial charge in [-0.2, -0.15) is 0 Å². The van der Waals surface area contributed by atoms with Crippen LogP contribution < -0.4 is 5.73 Å². The number of carbonyl (C=O) groups excluding carboxylic acids is 1. The van der Waals surface area contributed by atoms with Crippen LogP contribution in [0.1, 0.15) is 16.1 Å². The second-order valence-electron chi connectivity index (χ2n) is 4.37. The Kier molecular flexibility index (Phi) is 4.57. The Balaban J connectivity index is 2.64. The van der Waals surface area contributed by atoms with Crippen LogP contribution in [0, 0.1) is 6.92 Å². The molecule has 0 saturated carbocycles. The molecule has 0 aliphatic rings. The van der Waals surface area contributed by atoms with Crippen LogP contribution in [0.5, 0.6) is 0 Å². The van der Waals surface area contributed by atoms with Gasteiger partial charge in [-0.1, -0.05) is 0 Å². The van der Waals surface area contributed by atoms with E-state index in [1.165, 1.54) is 0 Å². The minimum atomic E-state index is -0.448. The van der Waals surface area contributed by atoms with Gasteiger partial charge in [-0.3, -0.25) is 9.78 Å². The molecule has 2 aromatic rings. The summed E-state index contributed by atoms with van der Waals surface area (Å²) in [5.41, 5.74) is 8.61. The summed E-state index contributed by atoms with van der Waals surface area (Å²) in [6.07, 6.45) is 3.47. The molecule has 0 fully saturated rings. The van der Waals surface area contributed by atoms with Gasteiger partial charge in [-0.15, -0.1) is 0 Å². The molecule has 2 N–H and O–H groups in total. The van der Waals surface area contributed by atoms with Gasteiger partial charge in [-0.05, 0) is 35.0 Å². The molecule has 0 aliphatic heterocycles. The molecule has 0 atom stereocenters. The molecular formula is C14H16BrN3O2. The van der Waals surface area contributed by atoms with Crippen molar-refractivity contribution in [1.29, 1.82) is 0 Å². The van der Waals surface area contributed by atoms with Gasteiger partial charge in [0.2, 0.25) is 0 Å². The van der Waals surface area contributed by atoms with E-state index in [0.29, 0.717) is 23.2 Å². The molecule has 0 aliphatic carbocycles. The highest BCUT2D eigenvalue weighted by Crippen LogP contribution is 2.35. The quantitative estimate of drug-likeness (QED) is 0.910. The molecule has 0 saturated heterocycles. The predicted molar refractivity (Wildman–Crippen MR) is 80.5 cm³/mol. The van der Waals surface area contributed by atoms with Crippen LogP contribution >= 0.6 is 15.9 Å². The lowest BCUT2D eigenvalue weighted by atomic mass is 10.2. The van der Waals surface area contributed by atoms with Crippen molar-refractivity contribution >= 4 is 21.8 Å². The van der Waals surface area contributed by atoms with Crippen LogP contribution in [0.25, 0.3) is 11.3 Å². The molecule has 5 nitrogen and oxygen atoms in total. The minimum Gasteiger partial charge on any atom is -0.383 e. The first-order valence-electron chi connectivity index (χ1n) is 6.15. The van der Waals surface area contributed by atoms with E-state index in [1.807, 2.05) is 23.6 Å². The van der Waals surface area contributed by atoms with Gasteiger partial charge in [-0.25, -0.2) is 0 Å². The Labute approximate surface area is 125 Å². The number of carbonyl (C=O) groups is 1. The number of amides is 1. The van der Waals surface area contributed by atoms with Gasteiger partial charge in [0.15, 0.2) is 0 Å². The summed E-state index contributed by atoms with van der Waals surface area (Å²) in [6.45, 7) is 3.06. The van der Waals surface area contributed by atoms with E-state index >= 15 is 0 Å². The van der Waals surface area contributed by atoms with E-state index in [-0.39, 0.29) is 0 Å². The Morgan fingerprint density at radius 3 is 2.85 bits per heavy atom. The van der Waals surface area contributed by atoms with E-state index in [9.17, 15) is 4.79 Å². The highest BCUT2D eigenvalue weighted by Gasteiger charge is 2.22. The number of rotatable bonds is 5. The first kappa shape index (κ1) is 14.7. The number of methoxy groups -OCH3 is 1. The van der Waals surface area contributed by atoms with E-state index in [1.54, 1.807) is 19.5 Å². The minimum absolute atomic E-state index is 0.448. The summed E-state index contributed by atoms with van der Waals surface area (Å²) in [5.74, 6) is -0.448. The lowest BCUT2D eigenvalue weighted by molar-refractivity contribution is 0.0998. The number of nitrogens with two attached hydrogens (primary N) is 1. The zero-order valence-electron chi connectivity index (χ0n) is 11.4. The Hall–Kier alpha value is -1.66. The number of halogens is 1. The van der Waals surface area contributed by atoms with Crippen LogP contribution in [0.2, 0.25) is 0 Å². The van der Waals surface area contributed by atoms with Crippen molar-refractivity contribution in [3.8, 4) is 11.3 Å². The first-order valence-corrected chi connectivity index (χ1v) is 6.95. The van der Waals surface area contributed by atoms with Crippen molar-refractivity contribution in [1.82, 2.24) is 9.55 Å². The van der Waals surface area contributed by atoms with Crippen LogP contribution in [0.3, 0.4) is 0 Å². The maximum atomic E-state index is 11.6. The maximum Gasteiger partial charge on any atom is 0.251 e. The van der Waals surface area contributed by atoms with E-state index < -0.39 is 5.91 Å². The second-order valence-corrected chi connectivity index (χ2v) is 5.17. The number of hydrogen-bond donors (Lipinski definition) is 1. The van der Waals surface area contributed by atoms with Gasteiger partial charge in [0, 0.05) is 37.3 Å². The van der Waals surface area contributed by atoms with Crippen molar-refractivity contribution in [2.45, 2.75) is 13.5 Å². The standard InChI is InChI=1S/C14H16BrN3O2/c1-9-11(14(16)19)12(15)13(18(9)6-7-20-2)10-4-3-5-17-8-10/h3-5,8H,6-7H2,1-2H3,(H2,16,19). The van der Waals surface area contributed by atoms with Crippen LogP contribution in [0.15, 0.2) is 29.0 Å². The SMILES string of the molecule is COCCn1c(C)c(C(N)=O)c(Br)c1-c1cccnc1. The molecule has 0 bridgehead atoms. The summed E-state index contributed by atoms with van der Waals surface area (Å²) < 4.78 is 7.85. The Morgan fingerprint density at radius 1 is 1.55 bits per heavy atom. The zero-order valence-corrected chi connectivity index (χ0v) is 13.0. The lowest BCUT2D eigenvalue weighted by Crippen LogP contribution is -2.13. The molecule has 2 rings (SSSR count). The number of nitrogens with zero attached hydrogens (tertiary/aromatic N) is 2. The number of hydrogen-bond acceptors (Lipinski definition) is 3. The number of pyridine rings is 1. The number of ether oxygens (including phenoxy) is 1. The van der Waals surface area contributed by atoms with Gasteiger partial charge >= 0.3 is 0 Å². The molecule has 2 aromatic heterocycles. The third-order valence-electron chi connectivity index (χ3n) is 3.16. The summed E-state index contributed by atoms with van der Waals surface area (Å²) in [6, 6.07) is 3.80. The van der Waals surface area contributed by atoms with Crippen molar-refractivity contribution in [2.24, 2.45) is 5.73 Å². The molecule has 6 heteroatoms. The summed E-state index contributed by atoms with van der Waals surface area (Å²) in [7, 11) is 1.65. The van der Waals surface area contributed by atoms with Crippen molar-refractivity contribution in [2.75, 3.05) is 13.7 Å². The smallest absolute Gasteiger partial charge is 0.251 e. The highest BCUT2D eigenvalue weighted by molar-refractivity contribution is 9.10. The van der Waals surface area contributed by atoms with Crippen LogP contribution in [0.4, 0.5) is 0 Å². The van der Waals surface area contributed by atoms with Crippen LogP contribution in [-0.2, 0) is 11.3 Å². The zero-order chi connectivity index (χ0) is 14.7. The Morgan fingerprint density at radius 2 is 2.30 bits per heavy atom. The topological polar surface area (TPSA) is 70.1 Å². The van der Waals surface area contributed by atoms with Crippen LogP contribution in [-0.4, -0.2) is 29.2 Å². The lowest BCUT2D eigenvalue weighted by Gasteiger charge is -2.11. The summed E-state index contributed by atoms with van der Waals surface area (Å²) in [5, 5.41) is 0. The molecule has 0 unspecified atom stereocenters. The number of aromatic nitrogens is 2. The highest BCUT2D eigenvalue weighted by atomic mass is 79.9. The fourth-order valence-electron chi connectivity index (χ4n) is 2.23. The van der Waals surface area contributed by atoms with Crippen molar-refractivity contribution < 1.29 is 9.53 Å².